The zero-order valence-corrected chi connectivity index (χ0v) is 11.8. The second kappa shape index (κ2) is 6.59. The van der Waals surface area contributed by atoms with Crippen LogP contribution in [0, 0.1) is 5.82 Å². The minimum atomic E-state index is -0.186. The lowest BCUT2D eigenvalue weighted by molar-refractivity contribution is 0.405. The van der Waals surface area contributed by atoms with Crippen molar-refractivity contribution < 1.29 is 9.13 Å². The van der Waals surface area contributed by atoms with E-state index in [0.29, 0.717) is 12.1 Å². The molecule has 2 nitrogen and oxygen atoms in total. The lowest BCUT2D eigenvalue weighted by atomic mass is 10.2. The fourth-order valence-corrected chi connectivity index (χ4v) is 2.88. The van der Waals surface area contributed by atoms with Crippen molar-refractivity contribution in [3.05, 3.63) is 53.8 Å². The van der Waals surface area contributed by atoms with Gasteiger partial charge in [-0.2, -0.15) is 0 Å². The first-order valence-corrected chi connectivity index (χ1v) is 6.80. The number of ether oxygens (including phenoxy) is 1. The first kappa shape index (κ1) is 13.9. The molecule has 0 heterocycles. The average molecular weight is 277 g/mol. The third-order valence-electron chi connectivity index (χ3n) is 2.72. The van der Waals surface area contributed by atoms with Gasteiger partial charge in [0.15, 0.2) is 0 Å². The van der Waals surface area contributed by atoms with E-state index in [1.807, 2.05) is 37.4 Å². The highest BCUT2D eigenvalue weighted by molar-refractivity contribution is 7.99. The van der Waals surface area contributed by atoms with E-state index in [2.05, 4.69) is 5.32 Å². The molecule has 2 rings (SSSR count). The van der Waals surface area contributed by atoms with Gasteiger partial charge in [-0.05, 0) is 31.3 Å². The summed E-state index contributed by atoms with van der Waals surface area (Å²) in [5.74, 6) is 0.612. The van der Waals surface area contributed by atoms with Crippen molar-refractivity contribution in [3.8, 4) is 5.75 Å². The molecule has 0 spiro atoms. The van der Waals surface area contributed by atoms with Crippen molar-refractivity contribution in [2.45, 2.75) is 16.3 Å². The van der Waals surface area contributed by atoms with Gasteiger partial charge in [0.2, 0.25) is 0 Å². The predicted octanol–water partition coefficient (Wildman–Crippen LogP) is 3.70. The molecule has 0 aliphatic rings. The molecule has 0 amide bonds. The number of benzene rings is 2. The molecule has 2 aromatic carbocycles. The number of hydrogen-bond acceptors (Lipinski definition) is 3. The number of rotatable bonds is 5. The van der Waals surface area contributed by atoms with Gasteiger partial charge in [0.25, 0.3) is 0 Å². The van der Waals surface area contributed by atoms with Crippen LogP contribution in [0.25, 0.3) is 0 Å². The maximum absolute atomic E-state index is 13.8. The van der Waals surface area contributed by atoms with Crippen molar-refractivity contribution in [3.63, 3.8) is 0 Å². The lowest BCUT2D eigenvalue weighted by Crippen LogP contribution is -2.08. The molecule has 2 aromatic rings. The highest BCUT2D eigenvalue weighted by atomic mass is 32.2. The van der Waals surface area contributed by atoms with Crippen LogP contribution in [0.2, 0.25) is 0 Å². The number of nitrogens with one attached hydrogen (secondary N) is 1. The smallest absolute Gasteiger partial charge is 0.132 e. The van der Waals surface area contributed by atoms with Crippen LogP contribution in [0.1, 0.15) is 5.56 Å². The van der Waals surface area contributed by atoms with Crippen molar-refractivity contribution in [2.24, 2.45) is 0 Å². The largest absolute Gasteiger partial charge is 0.496 e. The fraction of sp³-hybridized carbons (Fsp3) is 0.200. The summed E-state index contributed by atoms with van der Waals surface area (Å²) in [5, 5.41) is 3.00. The molecule has 4 heteroatoms. The summed E-state index contributed by atoms with van der Waals surface area (Å²) in [7, 11) is 3.45. The Bertz CT molecular complexity index is 560. The fourth-order valence-electron chi connectivity index (χ4n) is 1.80. The van der Waals surface area contributed by atoms with Gasteiger partial charge >= 0.3 is 0 Å². The van der Waals surface area contributed by atoms with E-state index in [1.54, 1.807) is 13.2 Å². The number of methoxy groups -OCH3 is 1. The highest BCUT2D eigenvalue weighted by Crippen LogP contribution is 2.36. The van der Waals surface area contributed by atoms with Crippen molar-refractivity contribution in [1.82, 2.24) is 5.32 Å². The zero-order chi connectivity index (χ0) is 13.7. The van der Waals surface area contributed by atoms with E-state index in [-0.39, 0.29) is 5.82 Å². The maximum atomic E-state index is 13.8. The molecule has 0 atom stereocenters. The van der Waals surface area contributed by atoms with E-state index in [4.69, 9.17) is 4.74 Å². The molecule has 1 N–H and O–H groups in total. The summed E-state index contributed by atoms with van der Waals surface area (Å²) in [6.45, 7) is 0.504. The second-order valence-corrected chi connectivity index (χ2v) is 5.08. The van der Waals surface area contributed by atoms with E-state index in [0.717, 1.165) is 15.5 Å². The Balaban J connectivity index is 2.35. The minimum absolute atomic E-state index is 0.186. The SMILES string of the molecule is CNCc1c(F)cccc1Sc1ccccc1OC. The Hall–Kier alpha value is -1.52. The number of halogens is 1. The van der Waals surface area contributed by atoms with Crippen molar-refractivity contribution in [1.29, 1.82) is 0 Å². The van der Waals surface area contributed by atoms with Gasteiger partial charge in [0, 0.05) is 17.0 Å². The van der Waals surface area contributed by atoms with E-state index < -0.39 is 0 Å². The maximum Gasteiger partial charge on any atom is 0.132 e. The van der Waals surface area contributed by atoms with Gasteiger partial charge in [-0.25, -0.2) is 4.39 Å². The van der Waals surface area contributed by atoms with Gasteiger partial charge < -0.3 is 10.1 Å². The molecule has 0 saturated heterocycles. The Labute approximate surface area is 117 Å². The van der Waals surface area contributed by atoms with Gasteiger partial charge in [-0.15, -0.1) is 0 Å². The van der Waals surface area contributed by atoms with E-state index in [1.165, 1.54) is 17.8 Å². The topological polar surface area (TPSA) is 21.3 Å². The Morgan fingerprint density at radius 1 is 1.11 bits per heavy atom. The van der Waals surface area contributed by atoms with Crippen LogP contribution in [-0.2, 0) is 6.54 Å². The quantitative estimate of drug-likeness (QED) is 0.900. The molecule has 100 valence electrons. The van der Waals surface area contributed by atoms with Crippen LogP contribution < -0.4 is 10.1 Å². The van der Waals surface area contributed by atoms with Crippen LogP contribution in [0.3, 0.4) is 0 Å². The van der Waals surface area contributed by atoms with E-state index in [9.17, 15) is 4.39 Å². The Morgan fingerprint density at radius 2 is 1.84 bits per heavy atom. The van der Waals surface area contributed by atoms with Crippen LogP contribution in [0.4, 0.5) is 4.39 Å². The van der Waals surface area contributed by atoms with Gasteiger partial charge in [0.05, 0.1) is 12.0 Å². The first-order chi connectivity index (χ1) is 9.26. The predicted molar refractivity (Wildman–Crippen MR) is 76.3 cm³/mol. The molecule has 0 aliphatic carbocycles. The minimum Gasteiger partial charge on any atom is -0.496 e. The van der Waals surface area contributed by atoms with Crippen LogP contribution in [0.5, 0.6) is 5.75 Å². The van der Waals surface area contributed by atoms with Crippen molar-refractivity contribution >= 4 is 11.8 Å². The second-order valence-electron chi connectivity index (χ2n) is 4.00. The van der Waals surface area contributed by atoms with Crippen molar-refractivity contribution in [2.75, 3.05) is 14.2 Å². The average Bonchev–Trinajstić information content (AvgIpc) is 2.43. The summed E-state index contributed by atoms with van der Waals surface area (Å²) >= 11 is 1.51. The standard InChI is InChI=1S/C15H16FNOS/c1-17-10-11-12(16)6-5-9-14(11)19-15-8-4-3-7-13(15)18-2/h3-9,17H,10H2,1-2H3. The first-order valence-electron chi connectivity index (χ1n) is 5.99. The molecular weight excluding hydrogens is 261 g/mol. The van der Waals surface area contributed by atoms with Crippen LogP contribution in [-0.4, -0.2) is 14.2 Å². The molecule has 0 fully saturated rings. The number of para-hydroxylation sites is 1. The summed E-state index contributed by atoms with van der Waals surface area (Å²) in [5.41, 5.74) is 0.681. The van der Waals surface area contributed by atoms with Gasteiger partial charge in [-0.3, -0.25) is 0 Å². The Kier molecular flexibility index (Phi) is 4.82. The summed E-state index contributed by atoms with van der Waals surface area (Å²) in [6.07, 6.45) is 0. The normalized spacial score (nSPS) is 10.5. The molecule has 0 saturated carbocycles. The summed E-state index contributed by atoms with van der Waals surface area (Å²) in [4.78, 5) is 1.88. The molecule has 0 radical (unpaired) electrons. The van der Waals surface area contributed by atoms with E-state index >= 15 is 0 Å². The zero-order valence-electron chi connectivity index (χ0n) is 10.9. The third-order valence-corrected chi connectivity index (χ3v) is 3.88. The molecule has 0 unspecified atom stereocenters. The van der Waals surface area contributed by atoms with Gasteiger partial charge in [-0.1, -0.05) is 30.0 Å². The molecule has 0 aliphatic heterocycles. The molecule has 0 aromatic heterocycles. The molecule has 0 bridgehead atoms. The van der Waals surface area contributed by atoms with Crippen LogP contribution >= 0.6 is 11.8 Å². The summed E-state index contributed by atoms with van der Waals surface area (Å²) in [6, 6.07) is 12.9. The monoisotopic (exact) mass is 277 g/mol. The Morgan fingerprint density at radius 3 is 2.58 bits per heavy atom. The molecular formula is C15H16FNOS. The lowest BCUT2D eigenvalue weighted by Gasteiger charge is -2.12. The molecule has 19 heavy (non-hydrogen) atoms. The van der Waals surface area contributed by atoms with Gasteiger partial charge in [0.1, 0.15) is 11.6 Å². The number of hydrogen-bond donors (Lipinski definition) is 1. The van der Waals surface area contributed by atoms with Crippen LogP contribution in [0.15, 0.2) is 52.3 Å². The highest BCUT2D eigenvalue weighted by Gasteiger charge is 2.11. The third kappa shape index (κ3) is 3.28. The summed E-state index contributed by atoms with van der Waals surface area (Å²) < 4.78 is 19.2.